The van der Waals surface area contributed by atoms with E-state index in [1.165, 1.54) is 0 Å². The van der Waals surface area contributed by atoms with Gasteiger partial charge in [-0.2, -0.15) is 0 Å². The molecule has 0 aliphatic carbocycles. The van der Waals surface area contributed by atoms with Gasteiger partial charge in [-0.25, -0.2) is 0 Å². The number of nitrogens with one attached hydrogen (secondary N) is 2. The molecule has 0 heterocycles. The molecular formula is C22H19ClN2O3. The van der Waals surface area contributed by atoms with Crippen molar-refractivity contribution in [2.75, 3.05) is 10.6 Å². The minimum atomic E-state index is -0.727. The minimum Gasteiger partial charge on any atom is -0.481 e. The first-order chi connectivity index (χ1) is 13.5. The summed E-state index contributed by atoms with van der Waals surface area (Å²) in [4.78, 5) is 25.1. The van der Waals surface area contributed by atoms with Crippen molar-refractivity contribution in [2.45, 2.75) is 13.0 Å². The van der Waals surface area contributed by atoms with Crippen LogP contribution < -0.4 is 15.4 Å². The number of carbonyl (C=O) groups is 2. The van der Waals surface area contributed by atoms with Gasteiger partial charge >= 0.3 is 0 Å². The standard InChI is InChI=1S/C22H19ClN2O3/c1-15(28-18-7-3-2-4-8-18)21(26)25-20-10-6-5-9-19(20)22(27)24-17-13-11-16(23)12-14-17/h2-15H,1H3,(H,24,27)(H,25,26)/t15-/m0/s1. The topological polar surface area (TPSA) is 67.4 Å². The quantitative estimate of drug-likeness (QED) is 0.618. The molecule has 0 radical (unpaired) electrons. The maximum absolute atomic E-state index is 12.6. The summed E-state index contributed by atoms with van der Waals surface area (Å²) in [6, 6.07) is 22.7. The number of carbonyl (C=O) groups excluding carboxylic acids is 2. The first kappa shape index (κ1) is 19.5. The van der Waals surface area contributed by atoms with Gasteiger partial charge in [0.1, 0.15) is 5.75 Å². The van der Waals surface area contributed by atoms with E-state index in [1.807, 2.05) is 18.2 Å². The fourth-order valence-electron chi connectivity index (χ4n) is 2.51. The van der Waals surface area contributed by atoms with Gasteiger partial charge in [-0.1, -0.05) is 41.9 Å². The molecular weight excluding hydrogens is 376 g/mol. The second kappa shape index (κ2) is 9.06. The second-order valence-electron chi connectivity index (χ2n) is 6.07. The van der Waals surface area contributed by atoms with Gasteiger partial charge in [0.2, 0.25) is 0 Å². The van der Waals surface area contributed by atoms with Crippen molar-refractivity contribution in [1.29, 1.82) is 0 Å². The Morgan fingerprint density at radius 3 is 2.21 bits per heavy atom. The number of ether oxygens (including phenoxy) is 1. The minimum absolute atomic E-state index is 0.338. The van der Waals surface area contributed by atoms with Gasteiger partial charge in [-0.3, -0.25) is 9.59 Å². The first-order valence-corrected chi connectivity index (χ1v) is 9.09. The Kier molecular flexibility index (Phi) is 6.29. The molecule has 5 nitrogen and oxygen atoms in total. The largest absolute Gasteiger partial charge is 0.481 e. The van der Waals surface area contributed by atoms with Crippen LogP contribution in [0.3, 0.4) is 0 Å². The lowest BCUT2D eigenvalue weighted by atomic mass is 10.1. The van der Waals surface area contributed by atoms with E-state index in [1.54, 1.807) is 67.6 Å². The molecule has 2 N–H and O–H groups in total. The highest BCUT2D eigenvalue weighted by atomic mass is 35.5. The van der Waals surface area contributed by atoms with Crippen molar-refractivity contribution in [3.05, 3.63) is 89.4 Å². The fourth-order valence-corrected chi connectivity index (χ4v) is 2.64. The van der Waals surface area contributed by atoms with Gasteiger partial charge in [0, 0.05) is 10.7 Å². The molecule has 2 amide bonds. The molecule has 0 aliphatic heterocycles. The van der Waals surface area contributed by atoms with Gasteiger partial charge in [-0.15, -0.1) is 0 Å². The van der Waals surface area contributed by atoms with E-state index in [-0.39, 0.29) is 11.8 Å². The maximum Gasteiger partial charge on any atom is 0.265 e. The molecule has 1 atom stereocenters. The van der Waals surface area contributed by atoms with Gasteiger partial charge in [0.05, 0.1) is 11.3 Å². The summed E-state index contributed by atoms with van der Waals surface area (Å²) < 4.78 is 5.63. The Morgan fingerprint density at radius 1 is 0.857 bits per heavy atom. The van der Waals surface area contributed by atoms with E-state index >= 15 is 0 Å². The third-order valence-corrected chi connectivity index (χ3v) is 4.21. The molecule has 0 saturated heterocycles. The number of halogens is 1. The zero-order valence-electron chi connectivity index (χ0n) is 15.2. The van der Waals surface area contributed by atoms with Gasteiger partial charge < -0.3 is 15.4 Å². The molecule has 0 aromatic heterocycles. The molecule has 3 aromatic carbocycles. The van der Waals surface area contributed by atoms with Crippen molar-refractivity contribution in [2.24, 2.45) is 0 Å². The predicted molar refractivity (Wildman–Crippen MR) is 111 cm³/mol. The third kappa shape index (κ3) is 5.11. The van der Waals surface area contributed by atoms with Crippen LogP contribution in [0.25, 0.3) is 0 Å². The molecule has 0 bridgehead atoms. The monoisotopic (exact) mass is 394 g/mol. The number of hydrogen-bond donors (Lipinski definition) is 2. The van der Waals surface area contributed by atoms with Crippen LogP contribution in [0.4, 0.5) is 11.4 Å². The first-order valence-electron chi connectivity index (χ1n) is 8.71. The van der Waals surface area contributed by atoms with Crippen molar-refractivity contribution in [3.8, 4) is 5.75 Å². The molecule has 0 fully saturated rings. The Labute approximate surface area is 168 Å². The summed E-state index contributed by atoms with van der Waals surface area (Å²) in [5, 5.41) is 6.13. The van der Waals surface area contributed by atoms with Crippen LogP contribution in [0.2, 0.25) is 5.02 Å². The summed E-state index contributed by atoms with van der Waals surface area (Å²) in [6.45, 7) is 1.65. The lowest BCUT2D eigenvalue weighted by molar-refractivity contribution is -0.122. The average molecular weight is 395 g/mol. The highest BCUT2D eigenvalue weighted by molar-refractivity contribution is 6.30. The summed E-state index contributed by atoms with van der Waals surface area (Å²) >= 11 is 5.86. The van der Waals surface area contributed by atoms with Gasteiger partial charge in [0.25, 0.3) is 11.8 Å². The number of para-hydroxylation sites is 2. The highest BCUT2D eigenvalue weighted by Crippen LogP contribution is 2.20. The molecule has 0 aliphatic rings. The Hall–Kier alpha value is -3.31. The van der Waals surface area contributed by atoms with E-state index < -0.39 is 6.10 Å². The summed E-state index contributed by atoms with van der Waals surface area (Å²) in [6.07, 6.45) is -0.727. The normalized spacial score (nSPS) is 11.4. The van der Waals surface area contributed by atoms with E-state index in [4.69, 9.17) is 16.3 Å². The molecule has 28 heavy (non-hydrogen) atoms. The molecule has 6 heteroatoms. The van der Waals surface area contributed by atoms with E-state index in [0.29, 0.717) is 27.7 Å². The van der Waals surface area contributed by atoms with Gasteiger partial charge in [0.15, 0.2) is 6.10 Å². The summed E-state index contributed by atoms with van der Waals surface area (Å²) in [5.41, 5.74) is 1.36. The molecule has 142 valence electrons. The smallest absolute Gasteiger partial charge is 0.265 e. The summed E-state index contributed by atoms with van der Waals surface area (Å²) in [7, 11) is 0. The van der Waals surface area contributed by atoms with E-state index in [9.17, 15) is 9.59 Å². The fraction of sp³-hybridized carbons (Fsp3) is 0.0909. The Bertz CT molecular complexity index is 959. The van der Waals surface area contributed by atoms with Crippen LogP contribution in [0, 0.1) is 0 Å². The third-order valence-electron chi connectivity index (χ3n) is 3.96. The van der Waals surface area contributed by atoms with Crippen LogP contribution >= 0.6 is 11.6 Å². The van der Waals surface area contributed by atoms with Crippen molar-refractivity contribution < 1.29 is 14.3 Å². The number of amides is 2. The molecule has 3 rings (SSSR count). The predicted octanol–water partition coefficient (Wildman–Crippen LogP) is 5.00. The van der Waals surface area contributed by atoms with Crippen LogP contribution in [0.1, 0.15) is 17.3 Å². The molecule has 0 saturated carbocycles. The number of anilines is 2. The van der Waals surface area contributed by atoms with Crippen LogP contribution in [0.15, 0.2) is 78.9 Å². The van der Waals surface area contributed by atoms with Gasteiger partial charge in [-0.05, 0) is 55.5 Å². The molecule has 3 aromatic rings. The lowest BCUT2D eigenvalue weighted by Crippen LogP contribution is -2.31. The Morgan fingerprint density at radius 2 is 1.50 bits per heavy atom. The number of benzene rings is 3. The lowest BCUT2D eigenvalue weighted by Gasteiger charge is -2.16. The zero-order chi connectivity index (χ0) is 19.9. The molecule has 0 spiro atoms. The van der Waals surface area contributed by atoms with Crippen molar-refractivity contribution in [1.82, 2.24) is 0 Å². The van der Waals surface area contributed by atoms with Crippen LogP contribution in [-0.4, -0.2) is 17.9 Å². The highest BCUT2D eigenvalue weighted by Gasteiger charge is 2.18. The molecule has 0 unspecified atom stereocenters. The average Bonchev–Trinajstić information content (AvgIpc) is 2.71. The number of rotatable bonds is 6. The SMILES string of the molecule is C[C@H](Oc1ccccc1)C(=O)Nc1ccccc1C(=O)Nc1ccc(Cl)cc1. The van der Waals surface area contributed by atoms with Crippen LogP contribution in [0.5, 0.6) is 5.75 Å². The number of hydrogen-bond acceptors (Lipinski definition) is 3. The van der Waals surface area contributed by atoms with Crippen molar-refractivity contribution >= 4 is 34.8 Å². The van der Waals surface area contributed by atoms with E-state index in [0.717, 1.165) is 0 Å². The maximum atomic E-state index is 12.6. The second-order valence-corrected chi connectivity index (χ2v) is 6.51. The Balaban J connectivity index is 1.69. The van der Waals surface area contributed by atoms with Crippen molar-refractivity contribution in [3.63, 3.8) is 0 Å². The zero-order valence-corrected chi connectivity index (χ0v) is 15.9. The van der Waals surface area contributed by atoms with Crippen LogP contribution in [-0.2, 0) is 4.79 Å². The van der Waals surface area contributed by atoms with E-state index in [2.05, 4.69) is 10.6 Å². The summed E-state index contributed by atoms with van der Waals surface area (Å²) in [5.74, 6) is -0.0932.